The Kier molecular flexibility index (Phi) is 3.90. The molecule has 1 heterocycles. The van der Waals surface area contributed by atoms with Gasteiger partial charge in [0.25, 0.3) is 0 Å². The number of pyridine rings is 1. The minimum atomic E-state index is -4.68. The highest BCUT2D eigenvalue weighted by Gasteiger charge is 2.37. The van der Waals surface area contributed by atoms with Crippen LogP contribution in [0.15, 0.2) is 16.7 Å². The van der Waals surface area contributed by atoms with Crippen LogP contribution in [0.1, 0.15) is 23.0 Å². The molecule has 0 aromatic carbocycles. The van der Waals surface area contributed by atoms with E-state index < -0.39 is 23.4 Å². The van der Waals surface area contributed by atoms with E-state index in [1.807, 2.05) is 0 Å². The molecule has 0 unspecified atom stereocenters. The number of halogens is 4. The molecule has 0 bridgehead atoms. The Bertz CT molecular complexity index is 406. The average Bonchev–Trinajstić information content (AvgIpc) is 2.16. The highest BCUT2D eigenvalue weighted by molar-refractivity contribution is 9.10. The van der Waals surface area contributed by atoms with Crippen LogP contribution < -0.4 is 0 Å². The van der Waals surface area contributed by atoms with E-state index in [0.717, 1.165) is 12.3 Å². The van der Waals surface area contributed by atoms with Crippen LogP contribution in [0.4, 0.5) is 13.2 Å². The third-order valence-electron chi connectivity index (χ3n) is 1.62. The van der Waals surface area contributed by atoms with Gasteiger partial charge in [-0.25, -0.2) is 9.78 Å². The van der Waals surface area contributed by atoms with Crippen LogP contribution >= 0.6 is 15.9 Å². The van der Waals surface area contributed by atoms with Crippen molar-refractivity contribution in [1.82, 2.24) is 4.98 Å². The molecule has 88 valence electrons. The first-order valence-electron chi connectivity index (χ1n) is 4.26. The molecule has 16 heavy (non-hydrogen) atoms. The molecule has 1 rings (SSSR count). The lowest BCUT2D eigenvalue weighted by Crippen LogP contribution is -2.17. The Morgan fingerprint density at radius 1 is 1.56 bits per heavy atom. The predicted octanol–water partition coefficient (Wildman–Crippen LogP) is 3.04. The maximum absolute atomic E-state index is 12.5. The van der Waals surface area contributed by atoms with Crippen LogP contribution in [0.5, 0.6) is 0 Å². The number of aromatic nitrogens is 1. The van der Waals surface area contributed by atoms with Crippen LogP contribution in [0.2, 0.25) is 0 Å². The predicted molar refractivity (Wildman–Crippen MR) is 52.9 cm³/mol. The topological polar surface area (TPSA) is 39.2 Å². The number of hydrogen-bond donors (Lipinski definition) is 0. The molecule has 1 aromatic rings. The molecule has 7 heteroatoms. The van der Waals surface area contributed by atoms with Crippen LogP contribution in [0, 0.1) is 0 Å². The molecule has 0 radical (unpaired) electrons. The van der Waals surface area contributed by atoms with Gasteiger partial charge >= 0.3 is 12.1 Å². The maximum atomic E-state index is 12.5. The standard InChI is InChI=1S/C9H7BrF3NO2/c1-2-16-8(15)6-3-5(10)4-14-7(6)9(11,12)13/h3-4H,2H2,1H3. The number of carbonyl (C=O) groups is 1. The molecule has 0 spiro atoms. The molecule has 3 nitrogen and oxygen atoms in total. The summed E-state index contributed by atoms with van der Waals surface area (Å²) < 4.78 is 42.3. The minimum Gasteiger partial charge on any atom is -0.462 e. The summed E-state index contributed by atoms with van der Waals surface area (Å²) in [5.74, 6) is -1.04. The summed E-state index contributed by atoms with van der Waals surface area (Å²) in [7, 11) is 0. The zero-order chi connectivity index (χ0) is 12.3. The third kappa shape index (κ3) is 2.94. The number of alkyl halides is 3. The van der Waals surface area contributed by atoms with Crippen molar-refractivity contribution in [3.05, 3.63) is 28.0 Å². The van der Waals surface area contributed by atoms with Crippen molar-refractivity contribution >= 4 is 21.9 Å². The fourth-order valence-corrected chi connectivity index (χ4v) is 1.36. The molecule has 0 atom stereocenters. The number of rotatable bonds is 2. The van der Waals surface area contributed by atoms with Crippen molar-refractivity contribution in [2.24, 2.45) is 0 Å². The lowest BCUT2D eigenvalue weighted by molar-refractivity contribution is -0.141. The Balaban J connectivity index is 3.24. The minimum absolute atomic E-state index is 0.00262. The van der Waals surface area contributed by atoms with Crippen molar-refractivity contribution in [2.75, 3.05) is 6.61 Å². The second-order valence-corrected chi connectivity index (χ2v) is 3.68. The summed E-state index contributed by atoms with van der Waals surface area (Å²) in [5, 5.41) is 0. The Morgan fingerprint density at radius 3 is 2.69 bits per heavy atom. The Labute approximate surface area is 97.8 Å². The van der Waals surface area contributed by atoms with E-state index in [1.165, 1.54) is 6.92 Å². The zero-order valence-electron chi connectivity index (χ0n) is 8.14. The number of nitrogens with zero attached hydrogens (tertiary/aromatic N) is 1. The van der Waals surface area contributed by atoms with Gasteiger partial charge in [-0.05, 0) is 28.9 Å². The van der Waals surface area contributed by atoms with Crippen molar-refractivity contribution < 1.29 is 22.7 Å². The van der Waals surface area contributed by atoms with E-state index in [9.17, 15) is 18.0 Å². The molecular weight excluding hydrogens is 291 g/mol. The van der Waals surface area contributed by atoms with E-state index in [-0.39, 0.29) is 11.1 Å². The van der Waals surface area contributed by atoms with E-state index in [2.05, 4.69) is 25.7 Å². The van der Waals surface area contributed by atoms with E-state index in [4.69, 9.17) is 0 Å². The summed E-state index contributed by atoms with van der Waals surface area (Å²) in [4.78, 5) is 14.5. The first kappa shape index (κ1) is 13.0. The van der Waals surface area contributed by atoms with E-state index in [1.54, 1.807) is 0 Å². The van der Waals surface area contributed by atoms with Crippen molar-refractivity contribution in [2.45, 2.75) is 13.1 Å². The van der Waals surface area contributed by atoms with Crippen molar-refractivity contribution in [1.29, 1.82) is 0 Å². The molecule has 0 aliphatic rings. The normalized spacial score (nSPS) is 11.3. The van der Waals surface area contributed by atoms with Gasteiger partial charge in [0, 0.05) is 10.7 Å². The number of esters is 1. The number of ether oxygens (including phenoxy) is 1. The summed E-state index contributed by atoms with van der Waals surface area (Å²) in [6.45, 7) is 1.51. The van der Waals surface area contributed by atoms with Gasteiger partial charge in [-0.15, -0.1) is 0 Å². The smallest absolute Gasteiger partial charge is 0.434 e. The van der Waals surface area contributed by atoms with Gasteiger partial charge in [0.1, 0.15) is 0 Å². The third-order valence-corrected chi connectivity index (χ3v) is 2.05. The second-order valence-electron chi connectivity index (χ2n) is 2.77. The quantitative estimate of drug-likeness (QED) is 0.788. The van der Waals surface area contributed by atoms with Gasteiger partial charge in [0.05, 0.1) is 12.2 Å². The number of carbonyl (C=O) groups excluding carboxylic acids is 1. The van der Waals surface area contributed by atoms with Crippen LogP contribution in [-0.4, -0.2) is 17.6 Å². The number of hydrogen-bond acceptors (Lipinski definition) is 3. The molecule has 0 amide bonds. The molecular formula is C9H7BrF3NO2. The first-order valence-corrected chi connectivity index (χ1v) is 5.05. The van der Waals surface area contributed by atoms with Gasteiger partial charge in [0.2, 0.25) is 0 Å². The maximum Gasteiger partial charge on any atom is 0.434 e. The molecule has 0 fully saturated rings. The van der Waals surface area contributed by atoms with Crippen molar-refractivity contribution in [3.63, 3.8) is 0 Å². The van der Waals surface area contributed by atoms with Gasteiger partial charge in [0.15, 0.2) is 5.69 Å². The lowest BCUT2D eigenvalue weighted by atomic mass is 10.2. The van der Waals surface area contributed by atoms with E-state index in [0.29, 0.717) is 0 Å². The fourth-order valence-electron chi connectivity index (χ4n) is 1.03. The summed E-state index contributed by atoms with van der Waals surface area (Å²) in [6.07, 6.45) is -3.70. The zero-order valence-corrected chi connectivity index (χ0v) is 9.72. The van der Waals surface area contributed by atoms with Crippen LogP contribution in [-0.2, 0) is 10.9 Å². The van der Waals surface area contributed by atoms with Gasteiger partial charge in [-0.1, -0.05) is 0 Å². The van der Waals surface area contributed by atoms with Gasteiger partial charge < -0.3 is 4.74 Å². The largest absolute Gasteiger partial charge is 0.462 e. The lowest BCUT2D eigenvalue weighted by Gasteiger charge is -2.10. The molecule has 0 aliphatic carbocycles. The monoisotopic (exact) mass is 297 g/mol. The molecule has 0 N–H and O–H groups in total. The fraction of sp³-hybridized carbons (Fsp3) is 0.333. The highest BCUT2D eigenvalue weighted by Crippen LogP contribution is 2.31. The van der Waals surface area contributed by atoms with Crippen LogP contribution in [0.3, 0.4) is 0 Å². The second kappa shape index (κ2) is 4.82. The molecule has 0 aliphatic heterocycles. The van der Waals surface area contributed by atoms with E-state index >= 15 is 0 Å². The van der Waals surface area contributed by atoms with Gasteiger partial charge in [-0.2, -0.15) is 13.2 Å². The Hall–Kier alpha value is -1.11. The molecule has 0 saturated carbocycles. The van der Waals surface area contributed by atoms with Crippen LogP contribution in [0.25, 0.3) is 0 Å². The SMILES string of the molecule is CCOC(=O)c1cc(Br)cnc1C(F)(F)F. The summed E-state index contributed by atoms with van der Waals surface area (Å²) >= 11 is 2.94. The summed E-state index contributed by atoms with van der Waals surface area (Å²) in [6, 6.07) is 1.04. The van der Waals surface area contributed by atoms with Gasteiger partial charge in [-0.3, -0.25) is 0 Å². The Morgan fingerprint density at radius 2 is 2.19 bits per heavy atom. The van der Waals surface area contributed by atoms with Crippen molar-refractivity contribution in [3.8, 4) is 0 Å². The summed E-state index contributed by atoms with van der Waals surface area (Å²) in [5.41, 5.74) is -1.84. The molecule has 1 aromatic heterocycles. The molecule has 0 saturated heterocycles. The first-order chi connectivity index (χ1) is 7.36. The average molecular weight is 298 g/mol. The highest BCUT2D eigenvalue weighted by atomic mass is 79.9.